The molecule has 0 radical (unpaired) electrons. The van der Waals surface area contributed by atoms with E-state index in [1.54, 1.807) is 6.07 Å². The highest BCUT2D eigenvalue weighted by Gasteiger charge is 2.20. The van der Waals surface area contributed by atoms with Gasteiger partial charge in [0, 0.05) is 4.47 Å². The van der Waals surface area contributed by atoms with Gasteiger partial charge < -0.3 is 5.11 Å². The van der Waals surface area contributed by atoms with E-state index in [1.807, 2.05) is 0 Å². The molecule has 0 heterocycles. The van der Waals surface area contributed by atoms with Gasteiger partial charge in [-0.25, -0.2) is 12.8 Å². The topological polar surface area (TPSA) is 66.4 Å². The number of rotatable bonds is 4. The fourth-order valence-corrected chi connectivity index (χ4v) is 3.35. The lowest BCUT2D eigenvalue weighted by molar-refractivity contribution is 0.281. The third kappa shape index (κ3) is 3.74. The predicted octanol–water partition coefficient (Wildman–Crippen LogP) is 3.53. The molecule has 0 spiro atoms. The van der Waals surface area contributed by atoms with E-state index in [-0.39, 0.29) is 22.9 Å². The average Bonchev–Trinajstić information content (AvgIpc) is 2.42. The number of sulfonamides is 1. The number of hydrogen-bond acceptors (Lipinski definition) is 3. The third-order valence-electron chi connectivity index (χ3n) is 2.64. The number of anilines is 1. The molecule has 112 valence electrons. The number of hydrogen-bond donors (Lipinski definition) is 2. The fraction of sp³-hybridized carbons (Fsp3) is 0.0769. The minimum absolute atomic E-state index is 0.136. The summed E-state index contributed by atoms with van der Waals surface area (Å²) < 4.78 is 41.1. The second-order valence-corrected chi connectivity index (χ2v) is 7.13. The highest BCUT2D eigenvalue weighted by atomic mass is 79.9. The highest BCUT2D eigenvalue weighted by Crippen LogP contribution is 2.28. The first-order valence-electron chi connectivity index (χ1n) is 5.70. The van der Waals surface area contributed by atoms with E-state index in [0.717, 1.165) is 12.1 Å². The Morgan fingerprint density at radius 2 is 1.95 bits per heavy atom. The Balaban J connectivity index is 2.41. The molecule has 0 aliphatic rings. The molecule has 2 rings (SSSR count). The maximum absolute atomic E-state index is 13.8. The Morgan fingerprint density at radius 1 is 1.24 bits per heavy atom. The first kappa shape index (κ1) is 16.2. The van der Waals surface area contributed by atoms with Gasteiger partial charge in [0.15, 0.2) is 0 Å². The molecule has 2 N–H and O–H groups in total. The predicted molar refractivity (Wildman–Crippen MR) is 82.3 cm³/mol. The van der Waals surface area contributed by atoms with Crippen LogP contribution in [0.25, 0.3) is 0 Å². The molecule has 21 heavy (non-hydrogen) atoms. The maximum Gasteiger partial charge on any atom is 0.264 e. The Labute approximate surface area is 134 Å². The molecule has 0 aromatic heterocycles. The minimum Gasteiger partial charge on any atom is -0.392 e. The van der Waals surface area contributed by atoms with Crippen molar-refractivity contribution in [1.29, 1.82) is 0 Å². The van der Waals surface area contributed by atoms with E-state index in [4.69, 9.17) is 16.7 Å². The second-order valence-electron chi connectivity index (χ2n) is 4.15. The number of benzene rings is 2. The van der Waals surface area contributed by atoms with Crippen molar-refractivity contribution in [2.24, 2.45) is 0 Å². The molecule has 0 aliphatic carbocycles. The van der Waals surface area contributed by atoms with E-state index in [0.29, 0.717) is 4.47 Å². The van der Waals surface area contributed by atoms with Crippen LogP contribution in [0.4, 0.5) is 10.1 Å². The van der Waals surface area contributed by atoms with Crippen LogP contribution in [0.1, 0.15) is 5.56 Å². The van der Waals surface area contributed by atoms with Crippen LogP contribution < -0.4 is 4.72 Å². The molecule has 0 amide bonds. The van der Waals surface area contributed by atoms with Crippen molar-refractivity contribution >= 4 is 43.2 Å². The minimum atomic E-state index is -4.12. The molecule has 0 saturated carbocycles. The molecule has 0 bridgehead atoms. The smallest absolute Gasteiger partial charge is 0.264 e. The van der Waals surface area contributed by atoms with Crippen molar-refractivity contribution in [1.82, 2.24) is 0 Å². The van der Waals surface area contributed by atoms with Crippen molar-refractivity contribution in [3.8, 4) is 0 Å². The summed E-state index contributed by atoms with van der Waals surface area (Å²) >= 11 is 9.10. The van der Waals surface area contributed by atoms with Crippen LogP contribution in [-0.2, 0) is 16.6 Å². The Kier molecular flexibility index (Phi) is 4.88. The van der Waals surface area contributed by atoms with Crippen molar-refractivity contribution in [3.63, 3.8) is 0 Å². The van der Waals surface area contributed by atoms with Crippen molar-refractivity contribution in [2.45, 2.75) is 11.5 Å². The average molecular weight is 395 g/mol. The molecule has 0 atom stereocenters. The zero-order valence-electron chi connectivity index (χ0n) is 10.5. The van der Waals surface area contributed by atoms with Gasteiger partial charge in [0.25, 0.3) is 10.0 Å². The third-order valence-corrected chi connectivity index (χ3v) is 4.86. The first-order valence-corrected chi connectivity index (χ1v) is 8.36. The molecule has 0 unspecified atom stereocenters. The van der Waals surface area contributed by atoms with Crippen molar-refractivity contribution < 1.29 is 17.9 Å². The summed E-state index contributed by atoms with van der Waals surface area (Å²) in [7, 11) is -4.12. The van der Waals surface area contributed by atoms with Gasteiger partial charge in [-0.05, 0) is 35.9 Å². The molecule has 2 aromatic rings. The van der Waals surface area contributed by atoms with Gasteiger partial charge in [0.1, 0.15) is 10.7 Å². The summed E-state index contributed by atoms with van der Waals surface area (Å²) in [5.74, 6) is -0.944. The van der Waals surface area contributed by atoms with E-state index in [1.165, 1.54) is 18.2 Å². The molecule has 8 heteroatoms. The van der Waals surface area contributed by atoms with Crippen LogP contribution in [-0.4, -0.2) is 13.5 Å². The van der Waals surface area contributed by atoms with Crippen LogP contribution in [0.2, 0.25) is 5.02 Å². The van der Waals surface area contributed by atoms with E-state index in [2.05, 4.69) is 20.7 Å². The summed E-state index contributed by atoms with van der Waals surface area (Å²) in [4.78, 5) is -0.518. The Hall–Kier alpha value is -1.15. The highest BCUT2D eigenvalue weighted by molar-refractivity contribution is 9.10. The second kappa shape index (κ2) is 6.31. The molecule has 4 nitrogen and oxygen atoms in total. The molecular weight excluding hydrogens is 385 g/mol. The lowest BCUT2D eigenvalue weighted by Gasteiger charge is -2.11. The van der Waals surface area contributed by atoms with Crippen LogP contribution >= 0.6 is 27.5 Å². The van der Waals surface area contributed by atoms with Gasteiger partial charge in [-0.15, -0.1) is 0 Å². The SMILES string of the molecule is O=S(=O)(Nc1cc(Br)ccc1Cl)c1ccc(CO)cc1F. The zero-order chi connectivity index (χ0) is 15.6. The summed E-state index contributed by atoms with van der Waals surface area (Å²) in [5, 5.41) is 9.09. The molecular formula is C13H10BrClFNO3S. The summed E-state index contributed by atoms with van der Waals surface area (Å²) in [6.07, 6.45) is 0. The normalized spacial score (nSPS) is 11.4. The summed E-state index contributed by atoms with van der Waals surface area (Å²) in [6, 6.07) is 8.03. The summed E-state index contributed by atoms with van der Waals surface area (Å²) in [6.45, 7) is -0.373. The van der Waals surface area contributed by atoms with Crippen LogP contribution in [0.15, 0.2) is 45.8 Å². The van der Waals surface area contributed by atoms with Gasteiger partial charge in [-0.3, -0.25) is 4.72 Å². The lowest BCUT2D eigenvalue weighted by Crippen LogP contribution is -2.15. The maximum atomic E-state index is 13.8. The van der Waals surface area contributed by atoms with Crippen molar-refractivity contribution in [2.75, 3.05) is 4.72 Å². The van der Waals surface area contributed by atoms with Crippen molar-refractivity contribution in [3.05, 3.63) is 57.3 Å². The lowest BCUT2D eigenvalue weighted by atomic mass is 10.2. The number of halogens is 3. The van der Waals surface area contributed by atoms with Crippen LogP contribution in [0.3, 0.4) is 0 Å². The van der Waals surface area contributed by atoms with Crippen LogP contribution in [0, 0.1) is 5.82 Å². The van der Waals surface area contributed by atoms with Gasteiger partial charge in [0.05, 0.1) is 17.3 Å². The van der Waals surface area contributed by atoms with Gasteiger partial charge in [-0.2, -0.15) is 0 Å². The largest absolute Gasteiger partial charge is 0.392 e. The summed E-state index contributed by atoms with van der Waals surface area (Å²) in [5.41, 5.74) is 0.420. The first-order chi connectivity index (χ1) is 9.83. The monoisotopic (exact) mass is 393 g/mol. The van der Waals surface area contributed by atoms with Gasteiger partial charge >= 0.3 is 0 Å². The van der Waals surface area contributed by atoms with E-state index >= 15 is 0 Å². The molecule has 0 fully saturated rings. The van der Waals surface area contributed by atoms with E-state index < -0.39 is 20.7 Å². The fourth-order valence-electron chi connectivity index (χ4n) is 1.64. The quantitative estimate of drug-likeness (QED) is 0.833. The number of aliphatic hydroxyl groups excluding tert-OH is 1. The van der Waals surface area contributed by atoms with E-state index in [9.17, 15) is 12.8 Å². The standard InChI is InChI=1S/C13H10BrClFNO3S/c14-9-2-3-10(15)12(6-9)17-21(19,20)13-4-1-8(7-18)5-11(13)16/h1-6,17-18H,7H2. The molecule has 0 saturated heterocycles. The molecule has 2 aromatic carbocycles. The Morgan fingerprint density at radius 3 is 2.57 bits per heavy atom. The number of aliphatic hydroxyl groups is 1. The van der Waals surface area contributed by atoms with Crippen LogP contribution in [0.5, 0.6) is 0 Å². The zero-order valence-corrected chi connectivity index (χ0v) is 13.6. The Bertz CT molecular complexity index is 783. The molecule has 0 aliphatic heterocycles. The number of nitrogens with one attached hydrogen (secondary N) is 1. The van der Waals surface area contributed by atoms with Gasteiger partial charge in [0.2, 0.25) is 0 Å². The van der Waals surface area contributed by atoms with Gasteiger partial charge in [-0.1, -0.05) is 33.6 Å².